The zero-order valence-corrected chi connectivity index (χ0v) is 7.20. The van der Waals surface area contributed by atoms with Crippen LogP contribution in [0.1, 0.15) is 25.5 Å². The summed E-state index contributed by atoms with van der Waals surface area (Å²) in [6, 6.07) is 2.01. The van der Waals surface area contributed by atoms with Crippen molar-refractivity contribution in [3.63, 3.8) is 0 Å². The highest BCUT2D eigenvalue weighted by atomic mass is 15.1. The van der Waals surface area contributed by atoms with Crippen LogP contribution in [-0.4, -0.2) is 15.2 Å². The quantitative estimate of drug-likeness (QED) is 0.695. The number of rotatable bonds is 1. The molecule has 0 radical (unpaired) electrons. The summed E-state index contributed by atoms with van der Waals surface area (Å²) in [4.78, 5) is 3.17. The van der Waals surface area contributed by atoms with Gasteiger partial charge in [-0.15, -0.1) is 0 Å². The van der Waals surface area contributed by atoms with Crippen molar-refractivity contribution in [2.45, 2.75) is 19.8 Å². The van der Waals surface area contributed by atoms with Crippen LogP contribution >= 0.6 is 0 Å². The van der Waals surface area contributed by atoms with E-state index in [9.17, 15) is 0 Å². The van der Waals surface area contributed by atoms with Crippen molar-refractivity contribution in [3.8, 4) is 0 Å². The molecule has 2 heterocycles. The van der Waals surface area contributed by atoms with Gasteiger partial charge in [-0.2, -0.15) is 10.2 Å². The van der Waals surface area contributed by atoms with Crippen LogP contribution in [0.3, 0.4) is 0 Å². The molecule has 3 heteroatoms. The molecule has 0 unspecified atom stereocenters. The highest BCUT2D eigenvalue weighted by molar-refractivity contribution is 5.80. The van der Waals surface area contributed by atoms with Crippen LogP contribution < -0.4 is 0 Å². The van der Waals surface area contributed by atoms with Gasteiger partial charge in [-0.3, -0.25) is 0 Å². The molecule has 0 aliphatic heterocycles. The molecule has 0 aliphatic rings. The molecule has 0 aromatic carbocycles. The van der Waals surface area contributed by atoms with Crippen LogP contribution in [0.15, 0.2) is 18.5 Å². The van der Waals surface area contributed by atoms with Crippen LogP contribution in [0, 0.1) is 0 Å². The summed E-state index contributed by atoms with van der Waals surface area (Å²) in [6.07, 6.45) is 3.69. The maximum Gasteiger partial charge on any atom is 0.0896 e. The van der Waals surface area contributed by atoms with Crippen LogP contribution in [0.2, 0.25) is 0 Å². The molecule has 0 fully saturated rings. The Hall–Kier alpha value is -1.38. The molecule has 2 rings (SSSR count). The summed E-state index contributed by atoms with van der Waals surface area (Å²) >= 11 is 0. The van der Waals surface area contributed by atoms with E-state index in [0.717, 1.165) is 16.6 Å². The number of H-pyrrole nitrogens is 1. The Morgan fingerprint density at radius 2 is 2.25 bits per heavy atom. The van der Waals surface area contributed by atoms with E-state index in [-0.39, 0.29) is 0 Å². The third-order valence-electron chi connectivity index (χ3n) is 1.94. The average molecular weight is 161 g/mol. The Morgan fingerprint density at radius 1 is 1.42 bits per heavy atom. The number of aromatic nitrogens is 3. The number of fused-ring (bicyclic) bond motifs is 1. The van der Waals surface area contributed by atoms with Crippen molar-refractivity contribution in [1.82, 2.24) is 15.2 Å². The summed E-state index contributed by atoms with van der Waals surface area (Å²) in [5.41, 5.74) is 2.15. The van der Waals surface area contributed by atoms with Gasteiger partial charge in [-0.05, 0) is 12.0 Å². The lowest BCUT2D eigenvalue weighted by Gasteiger charge is -2.03. The van der Waals surface area contributed by atoms with Gasteiger partial charge in [0.15, 0.2) is 0 Å². The van der Waals surface area contributed by atoms with Crippen LogP contribution in [0.4, 0.5) is 0 Å². The van der Waals surface area contributed by atoms with Gasteiger partial charge in [-0.1, -0.05) is 13.8 Å². The van der Waals surface area contributed by atoms with Crippen LogP contribution in [0.25, 0.3) is 10.9 Å². The second-order valence-electron chi connectivity index (χ2n) is 3.19. The fourth-order valence-corrected chi connectivity index (χ4v) is 1.32. The monoisotopic (exact) mass is 161 g/mol. The van der Waals surface area contributed by atoms with Gasteiger partial charge < -0.3 is 4.98 Å². The third-order valence-corrected chi connectivity index (χ3v) is 1.94. The van der Waals surface area contributed by atoms with Crippen LogP contribution in [0.5, 0.6) is 0 Å². The van der Waals surface area contributed by atoms with Gasteiger partial charge in [0, 0.05) is 11.6 Å². The second kappa shape index (κ2) is 2.59. The van der Waals surface area contributed by atoms with Crippen molar-refractivity contribution in [2.75, 3.05) is 0 Å². The molecule has 0 saturated heterocycles. The summed E-state index contributed by atoms with van der Waals surface area (Å²) < 4.78 is 0. The second-order valence-corrected chi connectivity index (χ2v) is 3.19. The molecule has 0 amide bonds. The van der Waals surface area contributed by atoms with Crippen molar-refractivity contribution >= 4 is 10.9 Å². The van der Waals surface area contributed by atoms with Gasteiger partial charge in [-0.25, -0.2) is 0 Å². The number of hydrogen-bond acceptors (Lipinski definition) is 2. The predicted molar refractivity (Wildman–Crippen MR) is 48.0 cm³/mol. The largest absolute Gasteiger partial charge is 0.360 e. The highest BCUT2D eigenvalue weighted by Crippen LogP contribution is 2.19. The van der Waals surface area contributed by atoms with Gasteiger partial charge in [0.1, 0.15) is 0 Å². The van der Waals surface area contributed by atoms with Gasteiger partial charge in [0.25, 0.3) is 0 Å². The average Bonchev–Trinajstić information content (AvgIpc) is 2.49. The fraction of sp³-hybridized carbons (Fsp3) is 0.333. The van der Waals surface area contributed by atoms with Gasteiger partial charge in [0.2, 0.25) is 0 Å². The Labute approximate surface area is 70.8 Å². The number of aromatic amines is 1. The topological polar surface area (TPSA) is 41.6 Å². The van der Waals surface area contributed by atoms with Crippen molar-refractivity contribution in [1.29, 1.82) is 0 Å². The maximum atomic E-state index is 4.10. The maximum absolute atomic E-state index is 4.10. The van der Waals surface area contributed by atoms with E-state index in [1.165, 1.54) is 0 Å². The molecule has 0 aliphatic carbocycles. The lowest BCUT2D eigenvalue weighted by molar-refractivity contribution is 0.796. The van der Waals surface area contributed by atoms with Crippen molar-refractivity contribution in [3.05, 3.63) is 24.2 Å². The summed E-state index contributed by atoms with van der Waals surface area (Å²) in [5, 5.41) is 9.17. The lowest BCUT2D eigenvalue weighted by Crippen LogP contribution is -1.95. The Bertz CT molecular complexity index is 389. The minimum Gasteiger partial charge on any atom is -0.360 e. The minimum absolute atomic E-state index is 0.417. The zero-order chi connectivity index (χ0) is 8.55. The zero-order valence-electron chi connectivity index (χ0n) is 7.20. The fourth-order valence-electron chi connectivity index (χ4n) is 1.32. The Balaban J connectivity index is 2.73. The van der Waals surface area contributed by atoms with Crippen LogP contribution in [-0.2, 0) is 0 Å². The summed E-state index contributed by atoms with van der Waals surface area (Å²) in [7, 11) is 0. The number of nitrogens with zero attached hydrogens (tertiary/aromatic N) is 2. The molecule has 62 valence electrons. The highest BCUT2D eigenvalue weighted by Gasteiger charge is 2.07. The molecule has 0 spiro atoms. The van der Waals surface area contributed by atoms with Crippen molar-refractivity contribution in [2.24, 2.45) is 0 Å². The number of hydrogen-bond donors (Lipinski definition) is 1. The SMILES string of the molecule is CC(C)c1nncc2cc[nH]c12. The first kappa shape index (κ1) is 7.28. The summed E-state index contributed by atoms with van der Waals surface area (Å²) in [6.45, 7) is 4.23. The van der Waals surface area contributed by atoms with Gasteiger partial charge in [0.05, 0.1) is 17.4 Å². The normalized spacial score (nSPS) is 11.2. The van der Waals surface area contributed by atoms with E-state index in [4.69, 9.17) is 0 Å². The molecular weight excluding hydrogens is 150 g/mol. The molecule has 0 atom stereocenters. The van der Waals surface area contributed by atoms with Crippen molar-refractivity contribution < 1.29 is 0 Å². The summed E-state index contributed by atoms with van der Waals surface area (Å²) in [5.74, 6) is 0.417. The molecule has 3 nitrogen and oxygen atoms in total. The Morgan fingerprint density at radius 3 is 3.00 bits per heavy atom. The standard InChI is InChI=1S/C9H11N3/c1-6(2)8-9-7(3-4-10-9)5-11-12-8/h3-6,10H,1-2H3. The molecule has 2 aromatic heterocycles. The van der Waals surface area contributed by atoms with E-state index in [1.54, 1.807) is 6.20 Å². The molecular formula is C9H11N3. The molecule has 1 N–H and O–H groups in total. The first-order valence-corrected chi connectivity index (χ1v) is 4.07. The first-order chi connectivity index (χ1) is 5.79. The molecule has 0 saturated carbocycles. The molecule has 2 aromatic rings. The van der Waals surface area contributed by atoms with E-state index >= 15 is 0 Å². The molecule has 0 bridgehead atoms. The van der Waals surface area contributed by atoms with E-state index in [2.05, 4.69) is 29.0 Å². The smallest absolute Gasteiger partial charge is 0.0896 e. The predicted octanol–water partition coefficient (Wildman–Crippen LogP) is 2.08. The molecule has 12 heavy (non-hydrogen) atoms. The third kappa shape index (κ3) is 0.978. The van der Waals surface area contributed by atoms with E-state index in [1.807, 2.05) is 12.3 Å². The first-order valence-electron chi connectivity index (χ1n) is 4.07. The Kier molecular flexibility index (Phi) is 1.57. The van der Waals surface area contributed by atoms with Gasteiger partial charge >= 0.3 is 0 Å². The van der Waals surface area contributed by atoms with E-state index in [0.29, 0.717) is 5.92 Å². The van der Waals surface area contributed by atoms with E-state index < -0.39 is 0 Å². The lowest BCUT2D eigenvalue weighted by atomic mass is 10.1. The minimum atomic E-state index is 0.417. The number of nitrogens with one attached hydrogen (secondary N) is 1.